The van der Waals surface area contributed by atoms with Crippen molar-refractivity contribution in [3.05, 3.63) is 120 Å². The van der Waals surface area contributed by atoms with Crippen molar-refractivity contribution in [2.24, 2.45) is 4.99 Å². The molecule has 3 heteroatoms. The number of hydrogen-bond donors (Lipinski definition) is 0. The summed E-state index contributed by atoms with van der Waals surface area (Å²) in [7, 11) is 0. The van der Waals surface area contributed by atoms with Crippen LogP contribution in [0.15, 0.2) is 108 Å². The van der Waals surface area contributed by atoms with Crippen molar-refractivity contribution in [3.8, 4) is 11.1 Å². The molecule has 5 aromatic rings. The van der Waals surface area contributed by atoms with Gasteiger partial charge in [-0.3, -0.25) is 0 Å². The van der Waals surface area contributed by atoms with E-state index in [4.69, 9.17) is 10.1 Å². The number of rotatable bonds is 3. The van der Waals surface area contributed by atoms with Crippen LogP contribution in [0.4, 0.5) is 5.82 Å². The van der Waals surface area contributed by atoms with Gasteiger partial charge in [-0.05, 0) is 40.5 Å². The van der Waals surface area contributed by atoms with Crippen molar-refractivity contribution in [3.63, 3.8) is 0 Å². The molecule has 3 nitrogen and oxygen atoms in total. The molecule has 6 rings (SSSR count). The first-order valence-corrected chi connectivity index (χ1v) is 11.0. The lowest BCUT2D eigenvalue weighted by atomic mass is 9.94. The molecule has 2 heterocycles. The fourth-order valence-electron chi connectivity index (χ4n) is 4.73. The number of hydrogen-bond acceptors (Lipinski definition) is 2. The second-order valence-electron chi connectivity index (χ2n) is 8.35. The lowest BCUT2D eigenvalue weighted by Gasteiger charge is -2.25. The molecule has 0 radical (unpaired) electrons. The number of benzene rings is 4. The van der Waals surface area contributed by atoms with E-state index < -0.39 is 0 Å². The van der Waals surface area contributed by atoms with E-state index in [1.165, 1.54) is 21.9 Å². The van der Waals surface area contributed by atoms with Crippen molar-refractivity contribution in [2.75, 3.05) is 0 Å². The maximum absolute atomic E-state index is 5.21. The lowest BCUT2D eigenvalue weighted by Crippen LogP contribution is -2.21. The molecule has 0 spiro atoms. The quantitative estimate of drug-likeness (QED) is 0.309. The molecule has 0 saturated carbocycles. The first kappa shape index (κ1) is 18.8. The van der Waals surface area contributed by atoms with E-state index in [1.54, 1.807) is 0 Å². The molecular weight excluding hydrogens is 390 g/mol. The van der Waals surface area contributed by atoms with Crippen LogP contribution in [-0.2, 0) is 0 Å². The minimum atomic E-state index is 0.112. The smallest absolute Gasteiger partial charge is 0.159 e. The summed E-state index contributed by atoms with van der Waals surface area (Å²) in [5.74, 6) is 0.942. The topological polar surface area (TPSA) is 30.2 Å². The second kappa shape index (κ2) is 7.61. The van der Waals surface area contributed by atoms with Gasteiger partial charge in [0.2, 0.25) is 0 Å². The van der Waals surface area contributed by atoms with E-state index in [0.29, 0.717) is 0 Å². The maximum atomic E-state index is 5.21. The molecule has 0 unspecified atom stereocenters. The average molecular weight is 414 g/mol. The number of aryl methyl sites for hydroxylation is 1. The van der Waals surface area contributed by atoms with Crippen molar-refractivity contribution < 1.29 is 0 Å². The van der Waals surface area contributed by atoms with Crippen molar-refractivity contribution >= 4 is 22.3 Å². The predicted molar refractivity (Wildman–Crippen MR) is 132 cm³/mol. The van der Waals surface area contributed by atoms with Gasteiger partial charge in [0, 0.05) is 12.0 Å². The maximum Gasteiger partial charge on any atom is 0.159 e. The van der Waals surface area contributed by atoms with Gasteiger partial charge in [0.05, 0.1) is 17.4 Å². The minimum absolute atomic E-state index is 0.112. The Balaban J connectivity index is 1.57. The molecule has 154 valence electrons. The summed E-state index contributed by atoms with van der Waals surface area (Å²) in [6.45, 7) is 2.08. The van der Waals surface area contributed by atoms with Gasteiger partial charge in [0.1, 0.15) is 0 Å². The Bertz CT molecular complexity index is 1450. The molecule has 0 amide bonds. The van der Waals surface area contributed by atoms with E-state index in [9.17, 15) is 0 Å². The number of aromatic nitrogens is 2. The summed E-state index contributed by atoms with van der Waals surface area (Å²) in [6, 6.07) is 36.4. The van der Waals surface area contributed by atoms with Crippen LogP contribution in [0.1, 0.15) is 29.3 Å². The van der Waals surface area contributed by atoms with E-state index in [-0.39, 0.29) is 6.04 Å². The van der Waals surface area contributed by atoms with Crippen molar-refractivity contribution in [2.45, 2.75) is 19.4 Å². The summed E-state index contributed by atoms with van der Waals surface area (Å²) in [5.41, 5.74) is 6.81. The van der Waals surface area contributed by atoms with Crippen LogP contribution in [-0.4, -0.2) is 15.5 Å². The van der Waals surface area contributed by atoms with Crippen LogP contribution in [0.25, 0.3) is 21.9 Å². The summed E-state index contributed by atoms with van der Waals surface area (Å²) in [4.78, 5) is 5.21. The predicted octanol–water partition coefficient (Wildman–Crippen LogP) is 7.13. The number of fused-ring (bicyclic) bond motifs is 2. The molecule has 1 atom stereocenters. The highest BCUT2D eigenvalue weighted by atomic mass is 15.4. The van der Waals surface area contributed by atoms with Gasteiger partial charge in [-0.15, -0.1) is 0 Å². The molecule has 1 aromatic heterocycles. The summed E-state index contributed by atoms with van der Waals surface area (Å²) < 4.78 is 2.12. The van der Waals surface area contributed by atoms with Crippen molar-refractivity contribution in [1.29, 1.82) is 0 Å². The van der Waals surface area contributed by atoms with Crippen molar-refractivity contribution in [1.82, 2.24) is 9.78 Å². The molecule has 0 fully saturated rings. The Morgan fingerprint density at radius 1 is 0.719 bits per heavy atom. The van der Waals surface area contributed by atoms with E-state index in [1.807, 2.05) is 6.07 Å². The van der Waals surface area contributed by atoms with Crippen LogP contribution in [0.2, 0.25) is 0 Å². The first-order valence-electron chi connectivity index (χ1n) is 11.0. The van der Waals surface area contributed by atoms with Gasteiger partial charge in [-0.2, -0.15) is 5.10 Å². The highest BCUT2D eigenvalue weighted by Crippen LogP contribution is 2.41. The summed E-state index contributed by atoms with van der Waals surface area (Å²) in [6.07, 6.45) is 0.810. The molecule has 32 heavy (non-hydrogen) atoms. The van der Waals surface area contributed by atoms with Gasteiger partial charge in [-0.1, -0.05) is 97.1 Å². The van der Waals surface area contributed by atoms with Gasteiger partial charge >= 0.3 is 0 Å². The standard InChI is InChI=1S/C29H23N3/c1-20-28(23-13-6-3-7-14-23)29-30-26(25-17-16-21-10-8-9-15-24(21)18-25)19-27(32(29)31-20)22-11-4-2-5-12-22/h2-18,27H,19H2,1H3/t27-/m1/s1. The SMILES string of the molecule is Cc1nn2c(c1-c1ccccc1)N=C(c1ccc3ccccc3c1)C[C@@H]2c1ccccc1. The van der Waals surface area contributed by atoms with Crippen LogP contribution in [0.3, 0.4) is 0 Å². The third kappa shape index (κ3) is 3.14. The van der Waals surface area contributed by atoms with Crippen LogP contribution in [0.5, 0.6) is 0 Å². The molecule has 0 bridgehead atoms. The van der Waals surface area contributed by atoms with Crippen LogP contribution < -0.4 is 0 Å². The van der Waals surface area contributed by atoms with Gasteiger partial charge in [0.15, 0.2) is 5.82 Å². The average Bonchev–Trinajstić information content (AvgIpc) is 3.20. The molecule has 0 aliphatic carbocycles. The minimum Gasteiger partial charge on any atom is -0.239 e. The molecule has 1 aliphatic rings. The van der Waals surface area contributed by atoms with Crippen LogP contribution >= 0.6 is 0 Å². The zero-order valence-corrected chi connectivity index (χ0v) is 17.9. The fraction of sp³-hybridized carbons (Fsp3) is 0.103. The highest BCUT2D eigenvalue weighted by Gasteiger charge is 2.29. The Labute approximate surface area is 187 Å². The normalized spacial score (nSPS) is 15.4. The van der Waals surface area contributed by atoms with E-state index in [0.717, 1.165) is 34.8 Å². The summed E-state index contributed by atoms with van der Waals surface area (Å²) in [5, 5.41) is 7.46. The Morgan fingerprint density at radius 3 is 2.19 bits per heavy atom. The third-order valence-corrected chi connectivity index (χ3v) is 6.31. The van der Waals surface area contributed by atoms with E-state index in [2.05, 4.69) is 109 Å². The number of nitrogens with zero attached hydrogens (tertiary/aromatic N) is 3. The zero-order valence-electron chi connectivity index (χ0n) is 17.9. The monoisotopic (exact) mass is 413 g/mol. The largest absolute Gasteiger partial charge is 0.239 e. The molecule has 0 saturated heterocycles. The zero-order chi connectivity index (χ0) is 21.5. The number of aliphatic imine (C=N–C) groups is 1. The molecule has 0 N–H and O–H groups in total. The summed E-state index contributed by atoms with van der Waals surface area (Å²) >= 11 is 0. The van der Waals surface area contributed by atoms with Gasteiger partial charge in [0.25, 0.3) is 0 Å². The van der Waals surface area contributed by atoms with E-state index >= 15 is 0 Å². The fourth-order valence-corrected chi connectivity index (χ4v) is 4.73. The van der Waals surface area contributed by atoms with Crippen LogP contribution in [0, 0.1) is 6.92 Å². The molecular formula is C29H23N3. The second-order valence-corrected chi connectivity index (χ2v) is 8.35. The van der Waals surface area contributed by atoms with Gasteiger partial charge < -0.3 is 0 Å². The molecule has 1 aliphatic heterocycles. The Morgan fingerprint density at radius 2 is 1.41 bits per heavy atom. The lowest BCUT2D eigenvalue weighted by molar-refractivity contribution is 0.529. The third-order valence-electron chi connectivity index (χ3n) is 6.31. The van der Waals surface area contributed by atoms with Gasteiger partial charge in [-0.25, -0.2) is 9.67 Å². The first-order chi connectivity index (χ1) is 15.8. The highest BCUT2D eigenvalue weighted by molar-refractivity contribution is 6.06. The Kier molecular flexibility index (Phi) is 4.46. The molecule has 4 aromatic carbocycles. The Hall–Kier alpha value is -3.98.